The Morgan fingerprint density at radius 2 is 1.96 bits per heavy atom. The van der Waals surface area contributed by atoms with Crippen molar-refractivity contribution in [3.8, 4) is 0 Å². The number of fused-ring (bicyclic) bond motifs is 1. The van der Waals surface area contributed by atoms with Crippen LogP contribution in [0.4, 0.5) is 15.0 Å². The average Bonchev–Trinajstić information content (AvgIpc) is 3.07. The molecule has 0 fully saturated rings. The third-order valence-corrected chi connectivity index (χ3v) is 3.07. The maximum Gasteiger partial charge on any atom is 0.432 e. The molecule has 10 heteroatoms. The summed E-state index contributed by atoms with van der Waals surface area (Å²) < 4.78 is 18.6. The van der Waals surface area contributed by atoms with Gasteiger partial charge in [0.15, 0.2) is 11.4 Å². The number of benzene rings is 1. The van der Waals surface area contributed by atoms with Crippen LogP contribution in [0, 0.1) is 5.82 Å². The van der Waals surface area contributed by atoms with Gasteiger partial charge in [-0.25, -0.2) is 14.0 Å². The van der Waals surface area contributed by atoms with E-state index in [0.717, 1.165) is 18.2 Å². The van der Waals surface area contributed by atoms with E-state index in [-0.39, 0.29) is 22.5 Å². The highest BCUT2D eigenvalue weighted by Crippen LogP contribution is 2.27. The topological polar surface area (TPSA) is 135 Å². The molecule has 3 rings (SSSR count). The lowest BCUT2D eigenvalue weighted by atomic mass is 10.2. The van der Waals surface area contributed by atoms with Crippen LogP contribution >= 0.6 is 0 Å². The zero-order chi connectivity index (χ0) is 17.4. The second kappa shape index (κ2) is 5.50. The maximum absolute atomic E-state index is 13.2. The van der Waals surface area contributed by atoms with Gasteiger partial charge >= 0.3 is 12.1 Å². The van der Waals surface area contributed by atoms with E-state index < -0.39 is 29.5 Å². The summed E-state index contributed by atoms with van der Waals surface area (Å²) in [5.74, 6) is -3.62. The number of nitrogens with zero attached hydrogens (tertiary/aromatic N) is 2. The predicted octanol–water partition coefficient (Wildman–Crippen LogP) is 2.25. The Morgan fingerprint density at radius 3 is 2.58 bits per heavy atom. The smallest absolute Gasteiger partial charge is 0.432 e. The van der Waals surface area contributed by atoms with Crippen LogP contribution in [0.3, 0.4) is 0 Å². The zero-order valence-corrected chi connectivity index (χ0v) is 11.7. The highest BCUT2D eigenvalue weighted by atomic mass is 19.1. The van der Waals surface area contributed by atoms with Crippen LogP contribution in [0.2, 0.25) is 0 Å². The predicted molar refractivity (Wildman–Crippen MR) is 76.7 cm³/mol. The van der Waals surface area contributed by atoms with Gasteiger partial charge in [-0.15, -0.1) is 5.10 Å². The molecule has 0 saturated carbocycles. The number of hydrogen-bond donors (Lipinski definition) is 3. The molecule has 2 aromatic heterocycles. The number of carbonyl (C=O) groups excluding carboxylic acids is 1. The fourth-order valence-electron chi connectivity index (χ4n) is 2.05. The number of carbonyl (C=O) groups is 3. The molecular weight excluding hydrogens is 325 g/mol. The molecule has 1 aromatic carbocycles. The molecule has 24 heavy (non-hydrogen) atoms. The molecule has 3 N–H and O–H groups in total. The number of amides is 1. The van der Waals surface area contributed by atoms with Crippen molar-refractivity contribution < 1.29 is 33.4 Å². The van der Waals surface area contributed by atoms with E-state index in [4.69, 9.17) is 14.6 Å². The SMILES string of the molecule is O=C(Nc1nn(C(=O)O)c2cc(C(=O)O)oc12)c1cccc(F)c1. The van der Waals surface area contributed by atoms with Crippen molar-refractivity contribution >= 4 is 34.9 Å². The van der Waals surface area contributed by atoms with Crippen molar-refractivity contribution in [1.29, 1.82) is 0 Å². The highest BCUT2D eigenvalue weighted by Gasteiger charge is 2.23. The van der Waals surface area contributed by atoms with Gasteiger partial charge in [0.2, 0.25) is 5.76 Å². The summed E-state index contributed by atoms with van der Waals surface area (Å²) in [6, 6.07) is 5.77. The molecule has 0 radical (unpaired) electrons. The number of aromatic carboxylic acids is 1. The number of nitrogens with one attached hydrogen (secondary N) is 1. The maximum atomic E-state index is 13.2. The van der Waals surface area contributed by atoms with Gasteiger partial charge in [-0.05, 0) is 18.2 Å². The van der Waals surface area contributed by atoms with Crippen molar-refractivity contribution in [2.45, 2.75) is 0 Å². The van der Waals surface area contributed by atoms with Gasteiger partial charge in [-0.1, -0.05) is 6.07 Å². The lowest BCUT2D eigenvalue weighted by Crippen LogP contribution is -2.14. The number of carboxylic acids is 1. The normalized spacial score (nSPS) is 10.7. The number of furan rings is 1. The zero-order valence-electron chi connectivity index (χ0n) is 11.7. The molecule has 0 aliphatic rings. The number of halogens is 1. The minimum atomic E-state index is -1.50. The first kappa shape index (κ1) is 15.2. The van der Waals surface area contributed by atoms with Gasteiger partial charge in [0.1, 0.15) is 11.3 Å². The Kier molecular flexibility index (Phi) is 3.49. The Bertz CT molecular complexity index is 990. The van der Waals surface area contributed by atoms with Crippen molar-refractivity contribution in [3.63, 3.8) is 0 Å². The highest BCUT2D eigenvalue weighted by molar-refractivity contribution is 6.08. The van der Waals surface area contributed by atoms with Crippen molar-refractivity contribution in [1.82, 2.24) is 9.78 Å². The fraction of sp³-hybridized carbons (Fsp3) is 0. The number of carboxylic acid groups (broad SMARTS) is 2. The van der Waals surface area contributed by atoms with E-state index in [9.17, 15) is 18.8 Å². The average molecular weight is 333 g/mol. The first-order valence-corrected chi connectivity index (χ1v) is 6.43. The van der Waals surface area contributed by atoms with Gasteiger partial charge in [0.25, 0.3) is 5.91 Å². The molecule has 0 aliphatic carbocycles. The van der Waals surface area contributed by atoms with E-state index in [0.29, 0.717) is 4.68 Å². The summed E-state index contributed by atoms with van der Waals surface area (Å²) in [6.45, 7) is 0. The van der Waals surface area contributed by atoms with Gasteiger partial charge < -0.3 is 19.9 Å². The Labute approximate surface area is 131 Å². The molecule has 3 aromatic rings. The Morgan fingerprint density at radius 1 is 1.21 bits per heavy atom. The second-order valence-corrected chi connectivity index (χ2v) is 4.64. The summed E-state index contributed by atoms with van der Waals surface area (Å²) >= 11 is 0. The summed E-state index contributed by atoms with van der Waals surface area (Å²) in [5.41, 5.74) is -0.396. The van der Waals surface area contributed by atoms with Crippen LogP contribution < -0.4 is 5.32 Å². The summed E-state index contributed by atoms with van der Waals surface area (Å²) in [6.07, 6.45) is -1.50. The van der Waals surface area contributed by atoms with E-state index in [1.807, 2.05) is 0 Å². The van der Waals surface area contributed by atoms with E-state index >= 15 is 0 Å². The Hall–Kier alpha value is -3.69. The number of anilines is 1. The van der Waals surface area contributed by atoms with Crippen LogP contribution in [-0.2, 0) is 0 Å². The largest absolute Gasteiger partial charge is 0.475 e. The van der Waals surface area contributed by atoms with Crippen molar-refractivity contribution in [2.75, 3.05) is 5.32 Å². The van der Waals surface area contributed by atoms with E-state index in [1.54, 1.807) is 0 Å². The first-order chi connectivity index (χ1) is 11.4. The molecule has 1 amide bonds. The molecule has 122 valence electrons. The molecule has 0 saturated heterocycles. The summed E-state index contributed by atoms with van der Waals surface area (Å²) in [7, 11) is 0. The lowest BCUT2D eigenvalue weighted by Gasteiger charge is -2.02. The van der Waals surface area contributed by atoms with Crippen molar-refractivity contribution in [3.05, 3.63) is 47.5 Å². The van der Waals surface area contributed by atoms with Gasteiger partial charge in [-0.2, -0.15) is 4.68 Å². The third kappa shape index (κ3) is 2.56. The van der Waals surface area contributed by atoms with Crippen LogP contribution in [0.1, 0.15) is 20.9 Å². The number of hydrogen-bond acceptors (Lipinski definition) is 5. The quantitative estimate of drug-likeness (QED) is 0.669. The molecule has 2 heterocycles. The van der Waals surface area contributed by atoms with E-state index in [2.05, 4.69) is 10.4 Å². The van der Waals surface area contributed by atoms with Gasteiger partial charge in [-0.3, -0.25) is 4.79 Å². The number of aromatic nitrogens is 2. The van der Waals surface area contributed by atoms with Crippen LogP contribution in [0.25, 0.3) is 11.1 Å². The first-order valence-electron chi connectivity index (χ1n) is 6.43. The molecule has 0 atom stereocenters. The fourth-order valence-corrected chi connectivity index (χ4v) is 2.05. The Balaban J connectivity index is 2.04. The molecule has 0 aliphatic heterocycles. The molecule has 0 spiro atoms. The second-order valence-electron chi connectivity index (χ2n) is 4.64. The summed E-state index contributed by atoms with van der Waals surface area (Å²) in [5, 5.41) is 23.9. The van der Waals surface area contributed by atoms with Crippen LogP contribution in [0.5, 0.6) is 0 Å². The summed E-state index contributed by atoms with van der Waals surface area (Å²) in [4.78, 5) is 34.2. The van der Waals surface area contributed by atoms with E-state index in [1.165, 1.54) is 12.1 Å². The minimum Gasteiger partial charge on any atom is -0.475 e. The number of rotatable bonds is 3. The third-order valence-electron chi connectivity index (χ3n) is 3.07. The molecule has 9 nitrogen and oxygen atoms in total. The standard InChI is InChI=1S/C14H8FN3O6/c15-7-3-1-2-6(4-7)12(19)16-11-10-8(18(17-11)14(22)23)5-9(24-10)13(20)21/h1-5H,(H,20,21)(H,22,23)(H,16,17,19). The molecular formula is C14H8FN3O6. The molecule has 0 bridgehead atoms. The van der Waals surface area contributed by atoms with Gasteiger partial charge in [0, 0.05) is 11.6 Å². The lowest BCUT2D eigenvalue weighted by molar-refractivity contribution is 0.0665. The van der Waals surface area contributed by atoms with Crippen molar-refractivity contribution in [2.24, 2.45) is 0 Å². The molecule has 0 unspecified atom stereocenters. The van der Waals surface area contributed by atoms with Crippen LogP contribution in [0.15, 0.2) is 34.7 Å². The monoisotopic (exact) mass is 333 g/mol. The van der Waals surface area contributed by atoms with Gasteiger partial charge in [0.05, 0.1) is 0 Å². The van der Waals surface area contributed by atoms with Crippen LogP contribution in [-0.4, -0.2) is 38.0 Å². The minimum absolute atomic E-state index is 0.0296.